The zero-order chi connectivity index (χ0) is 7.72. The van der Waals surface area contributed by atoms with Crippen LogP contribution in [-0.2, 0) is 0 Å². The van der Waals surface area contributed by atoms with Crippen molar-refractivity contribution in [1.82, 2.24) is 0 Å². The second-order valence-corrected chi connectivity index (χ2v) is 4.60. The second kappa shape index (κ2) is 3.22. The number of hydrogen-bond acceptors (Lipinski definition) is 2. The first-order valence-electron chi connectivity index (χ1n) is 2.81. The average molecular weight is 241 g/mol. The summed E-state index contributed by atoms with van der Waals surface area (Å²) in [6.07, 6.45) is 0. The Morgan fingerprint density at radius 3 is 2.60 bits per heavy atom. The predicted octanol–water partition coefficient (Wildman–Crippen LogP) is 3.18. The van der Waals surface area contributed by atoms with E-state index in [1.807, 2.05) is 13.0 Å². The molecule has 0 aromatic carbocycles. The maximum atomic E-state index is 5.79. The molecule has 1 heterocycles. The molecule has 1 rings (SSSR count). The minimum atomic E-state index is 0.0776. The fraction of sp³-hybridized carbons (Fsp3) is 0.333. The lowest BCUT2D eigenvalue weighted by atomic mass is 10.3. The monoisotopic (exact) mass is 239 g/mol. The van der Waals surface area contributed by atoms with Crippen molar-refractivity contribution < 1.29 is 0 Å². The molecular weight excluding hydrogens is 233 g/mol. The van der Waals surface area contributed by atoms with Gasteiger partial charge in [-0.05, 0) is 28.9 Å². The van der Waals surface area contributed by atoms with Crippen LogP contribution in [0.25, 0.3) is 0 Å². The Morgan fingerprint density at radius 2 is 2.40 bits per heavy atom. The van der Waals surface area contributed by atoms with Gasteiger partial charge in [-0.25, -0.2) is 0 Å². The lowest BCUT2D eigenvalue weighted by Crippen LogP contribution is -2.01. The molecule has 0 fully saturated rings. The van der Waals surface area contributed by atoms with Crippen LogP contribution in [0.1, 0.15) is 17.8 Å². The van der Waals surface area contributed by atoms with Crippen molar-refractivity contribution in [3.05, 3.63) is 19.8 Å². The standard InChI is InChI=1S/C6H7BrClNS/c1-3(9)5-2-4(7)6(8)10-5/h2-3H,9H2,1H3. The van der Waals surface area contributed by atoms with Crippen LogP contribution in [-0.4, -0.2) is 0 Å². The highest BCUT2D eigenvalue weighted by molar-refractivity contribution is 9.10. The van der Waals surface area contributed by atoms with E-state index in [9.17, 15) is 0 Å². The van der Waals surface area contributed by atoms with Crippen molar-refractivity contribution in [2.75, 3.05) is 0 Å². The molecule has 10 heavy (non-hydrogen) atoms. The SMILES string of the molecule is CC(N)c1cc(Br)c(Cl)s1. The van der Waals surface area contributed by atoms with Gasteiger partial charge < -0.3 is 5.73 Å². The summed E-state index contributed by atoms with van der Waals surface area (Å²) in [5, 5.41) is 0. The van der Waals surface area contributed by atoms with Gasteiger partial charge in [0.15, 0.2) is 0 Å². The summed E-state index contributed by atoms with van der Waals surface area (Å²) in [7, 11) is 0. The Labute approximate surface area is 77.3 Å². The van der Waals surface area contributed by atoms with E-state index in [-0.39, 0.29) is 6.04 Å². The molecule has 0 saturated carbocycles. The van der Waals surface area contributed by atoms with Gasteiger partial charge in [-0.3, -0.25) is 0 Å². The van der Waals surface area contributed by atoms with Gasteiger partial charge in [0.1, 0.15) is 4.34 Å². The molecule has 4 heteroatoms. The van der Waals surface area contributed by atoms with E-state index in [2.05, 4.69) is 15.9 Å². The van der Waals surface area contributed by atoms with Gasteiger partial charge in [0.2, 0.25) is 0 Å². The number of nitrogens with two attached hydrogens (primary N) is 1. The molecule has 56 valence electrons. The van der Waals surface area contributed by atoms with Crippen LogP contribution in [0.15, 0.2) is 10.5 Å². The van der Waals surface area contributed by atoms with Crippen molar-refractivity contribution in [1.29, 1.82) is 0 Å². The van der Waals surface area contributed by atoms with E-state index in [1.165, 1.54) is 11.3 Å². The van der Waals surface area contributed by atoms with Crippen molar-refractivity contribution in [3.63, 3.8) is 0 Å². The number of thiophene rings is 1. The molecule has 0 amide bonds. The smallest absolute Gasteiger partial charge is 0.107 e. The molecule has 0 aliphatic carbocycles. The van der Waals surface area contributed by atoms with E-state index < -0.39 is 0 Å². The van der Waals surface area contributed by atoms with Crippen LogP contribution in [0.5, 0.6) is 0 Å². The summed E-state index contributed by atoms with van der Waals surface area (Å²) in [5.74, 6) is 0. The van der Waals surface area contributed by atoms with Gasteiger partial charge in [-0.15, -0.1) is 11.3 Å². The van der Waals surface area contributed by atoms with Crippen LogP contribution in [0, 0.1) is 0 Å². The maximum absolute atomic E-state index is 5.79. The summed E-state index contributed by atoms with van der Waals surface area (Å²) in [5.41, 5.74) is 5.63. The average Bonchev–Trinajstić information content (AvgIpc) is 2.13. The third kappa shape index (κ3) is 1.72. The quantitative estimate of drug-likeness (QED) is 0.802. The van der Waals surface area contributed by atoms with E-state index in [0.29, 0.717) is 0 Å². The van der Waals surface area contributed by atoms with Crippen LogP contribution in [0.4, 0.5) is 0 Å². The first-order chi connectivity index (χ1) is 4.61. The van der Waals surface area contributed by atoms with Crippen LogP contribution in [0.2, 0.25) is 4.34 Å². The third-order valence-corrected chi connectivity index (χ3v) is 3.79. The van der Waals surface area contributed by atoms with Gasteiger partial charge >= 0.3 is 0 Å². The number of rotatable bonds is 1. The van der Waals surface area contributed by atoms with Crippen molar-refractivity contribution in [2.24, 2.45) is 5.73 Å². The lowest BCUT2D eigenvalue weighted by molar-refractivity contribution is 0.838. The molecule has 0 aliphatic heterocycles. The highest BCUT2D eigenvalue weighted by atomic mass is 79.9. The molecule has 1 aromatic heterocycles. The zero-order valence-electron chi connectivity index (χ0n) is 5.40. The molecular formula is C6H7BrClNS. The Kier molecular flexibility index (Phi) is 2.74. The van der Waals surface area contributed by atoms with Gasteiger partial charge in [0, 0.05) is 15.4 Å². The largest absolute Gasteiger partial charge is 0.324 e. The topological polar surface area (TPSA) is 26.0 Å². The van der Waals surface area contributed by atoms with Crippen LogP contribution in [0.3, 0.4) is 0 Å². The summed E-state index contributed by atoms with van der Waals surface area (Å²) in [6.45, 7) is 1.94. The van der Waals surface area contributed by atoms with Gasteiger partial charge in [-0.1, -0.05) is 11.6 Å². The lowest BCUT2D eigenvalue weighted by Gasteiger charge is -1.96. The Hall–Kier alpha value is 0.430. The van der Waals surface area contributed by atoms with Crippen molar-refractivity contribution >= 4 is 38.9 Å². The van der Waals surface area contributed by atoms with Crippen molar-refractivity contribution in [2.45, 2.75) is 13.0 Å². The number of hydrogen-bond donors (Lipinski definition) is 1. The zero-order valence-corrected chi connectivity index (χ0v) is 8.55. The Morgan fingerprint density at radius 1 is 1.80 bits per heavy atom. The molecule has 0 radical (unpaired) electrons. The molecule has 2 N–H and O–H groups in total. The number of halogens is 2. The minimum absolute atomic E-state index is 0.0776. The summed E-state index contributed by atoms with van der Waals surface area (Å²) in [4.78, 5) is 1.11. The Balaban J connectivity index is 2.98. The molecule has 0 saturated heterocycles. The molecule has 0 spiro atoms. The first kappa shape index (κ1) is 8.53. The molecule has 1 unspecified atom stereocenters. The summed E-state index contributed by atoms with van der Waals surface area (Å²) >= 11 is 10.6. The molecule has 1 atom stereocenters. The van der Waals surface area contributed by atoms with Crippen LogP contribution < -0.4 is 5.73 Å². The van der Waals surface area contributed by atoms with Crippen molar-refractivity contribution in [3.8, 4) is 0 Å². The van der Waals surface area contributed by atoms with E-state index >= 15 is 0 Å². The summed E-state index contributed by atoms with van der Waals surface area (Å²) < 4.78 is 1.71. The van der Waals surface area contributed by atoms with Gasteiger partial charge in [0.05, 0.1) is 0 Å². The molecule has 0 bridgehead atoms. The highest BCUT2D eigenvalue weighted by Gasteiger charge is 2.06. The summed E-state index contributed by atoms with van der Waals surface area (Å²) in [6, 6.07) is 2.03. The molecule has 0 aliphatic rings. The third-order valence-electron chi connectivity index (χ3n) is 1.11. The maximum Gasteiger partial charge on any atom is 0.107 e. The fourth-order valence-corrected chi connectivity index (χ4v) is 2.28. The molecule has 1 aromatic rings. The molecule has 1 nitrogen and oxygen atoms in total. The van der Waals surface area contributed by atoms with E-state index in [1.54, 1.807) is 0 Å². The van der Waals surface area contributed by atoms with Gasteiger partial charge in [-0.2, -0.15) is 0 Å². The van der Waals surface area contributed by atoms with E-state index in [4.69, 9.17) is 17.3 Å². The normalized spacial score (nSPS) is 13.6. The van der Waals surface area contributed by atoms with Gasteiger partial charge in [0.25, 0.3) is 0 Å². The predicted molar refractivity (Wildman–Crippen MR) is 49.6 cm³/mol. The second-order valence-electron chi connectivity index (χ2n) is 2.06. The highest BCUT2D eigenvalue weighted by Crippen LogP contribution is 2.34. The minimum Gasteiger partial charge on any atom is -0.324 e. The first-order valence-corrected chi connectivity index (χ1v) is 4.80. The fourth-order valence-electron chi connectivity index (χ4n) is 0.588. The van der Waals surface area contributed by atoms with E-state index in [0.717, 1.165) is 13.7 Å². The Bertz CT molecular complexity index is 214. The van der Waals surface area contributed by atoms with Crippen LogP contribution >= 0.6 is 38.9 Å².